The summed E-state index contributed by atoms with van der Waals surface area (Å²) in [4.78, 5) is 14.0. The van der Waals surface area contributed by atoms with Crippen LogP contribution in [0.4, 0.5) is 18.9 Å². The second-order valence-electron chi connectivity index (χ2n) is 4.70. The number of alkyl halides is 3. The Hall–Kier alpha value is -2.35. The summed E-state index contributed by atoms with van der Waals surface area (Å²) in [6, 6.07) is 3.07. The molecule has 0 atom stereocenters. The van der Waals surface area contributed by atoms with Gasteiger partial charge in [0.05, 0.1) is 15.5 Å². The summed E-state index contributed by atoms with van der Waals surface area (Å²) in [5.74, 6) is -0.130. The average molecular weight is 347 g/mol. The largest absolute Gasteiger partial charge is 0.439 e. The molecule has 0 radical (unpaired) electrons. The molecule has 0 spiro atoms. The first-order valence-electron chi connectivity index (χ1n) is 6.26. The Kier molecular flexibility index (Phi) is 4.46. The van der Waals surface area contributed by atoms with Crippen molar-refractivity contribution >= 4 is 17.3 Å². The Labute approximate surface area is 133 Å². The van der Waals surface area contributed by atoms with Crippen LogP contribution in [0.1, 0.15) is 16.7 Å². The Morgan fingerprint density at radius 3 is 2.48 bits per heavy atom. The van der Waals surface area contributed by atoms with Crippen molar-refractivity contribution in [1.29, 1.82) is 0 Å². The van der Waals surface area contributed by atoms with Crippen molar-refractivity contribution in [2.45, 2.75) is 20.0 Å². The number of halogens is 4. The number of aromatic nitrogens is 1. The molecule has 122 valence electrons. The highest BCUT2D eigenvalue weighted by atomic mass is 35.5. The molecule has 1 heterocycles. The maximum atomic E-state index is 12.8. The second kappa shape index (κ2) is 6.04. The topological polar surface area (TPSA) is 65.3 Å². The summed E-state index contributed by atoms with van der Waals surface area (Å²) >= 11 is 5.53. The van der Waals surface area contributed by atoms with Crippen LogP contribution in [-0.4, -0.2) is 9.91 Å². The number of hydrogen-bond acceptors (Lipinski definition) is 4. The predicted molar refractivity (Wildman–Crippen MR) is 76.9 cm³/mol. The third-order valence-corrected chi connectivity index (χ3v) is 3.56. The van der Waals surface area contributed by atoms with Gasteiger partial charge < -0.3 is 4.74 Å². The van der Waals surface area contributed by atoms with Gasteiger partial charge in [-0.1, -0.05) is 11.6 Å². The monoisotopic (exact) mass is 346 g/mol. The summed E-state index contributed by atoms with van der Waals surface area (Å²) in [6.45, 7) is 3.04. The number of nitro groups is 1. The minimum atomic E-state index is -4.62. The maximum absolute atomic E-state index is 12.8. The van der Waals surface area contributed by atoms with E-state index < -0.39 is 21.7 Å². The molecule has 1 aromatic carbocycles. The van der Waals surface area contributed by atoms with Crippen LogP contribution in [0.2, 0.25) is 5.02 Å². The Morgan fingerprint density at radius 1 is 1.26 bits per heavy atom. The number of benzene rings is 1. The van der Waals surface area contributed by atoms with Crippen molar-refractivity contribution in [3.05, 3.63) is 56.2 Å². The fraction of sp³-hybridized carbons (Fsp3) is 0.214. The summed E-state index contributed by atoms with van der Waals surface area (Å²) in [7, 11) is 0. The van der Waals surface area contributed by atoms with Crippen molar-refractivity contribution in [3.63, 3.8) is 0 Å². The van der Waals surface area contributed by atoms with Crippen LogP contribution >= 0.6 is 11.6 Å². The molecular weight excluding hydrogens is 337 g/mol. The number of hydrogen-bond donors (Lipinski definition) is 0. The second-order valence-corrected chi connectivity index (χ2v) is 5.10. The highest BCUT2D eigenvalue weighted by Gasteiger charge is 2.33. The fourth-order valence-electron chi connectivity index (χ4n) is 1.85. The van der Waals surface area contributed by atoms with Crippen LogP contribution in [0.25, 0.3) is 0 Å². The third-order valence-electron chi connectivity index (χ3n) is 3.23. The van der Waals surface area contributed by atoms with E-state index in [1.807, 2.05) is 0 Å². The van der Waals surface area contributed by atoms with Gasteiger partial charge in [0.25, 0.3) is 5.69 Å². The lowest BCUT2D eigenvalue weighted by atomic mass is 10.1. The lowest BCUT2D eigenvalue weighted by molar-refractivity contribution is -0.385. The van der Waals surface area contributed by atoms with E-state index in [9.17, 15) is 23.3 Å². The summed E-state index contributed by atoms with van der Waals surface area (Å²) in [6.07, 6.45) is -3.62. The van der Waals surface area contributed by atoms with E-state index in [0.717, 1.165) is 18.3 Å². The smallest absolute Gasteiger partial charge is 0.417 e. The van der Waals surface area contributed by atoms with Crippen molar-refractivity contribution < 1.29 is 22.8 Å². The van der Waals surface area contributed by atoms with E-state index in [4.69, 9.17) is 16.3 Å². The van der Waals surface area contributed by atoms with E-state index >= 15 is 0 Å². The molecule has 0 saturated carbocycles. The van der Waals surface area contributed by atoms with Crippen molar-refractivity contribution in [1.82, 2.24) is 4.98 Å². The molecule has 5 nitrogen and oxygen atoms in total. The predicted octanol–water partition coefficient (Wildman–Crippen LogP) is 5.07. The zero-order chi connectivity index (χ0) is 17.4. The summed E-state index contributed by atoms with van der Waals surface area (Å²) in [5, 5.41) is 10.4. The van der Waals surface area contributed by atoms with E-state index in [2.05, 4.69) is 4.98 Å². The zero-order valence-corrected chi connectivity index (χ0v) is 12.7. The quantitative estimate of drug-likeness (QED) is 0.574. The number of nitrogens with zero attached hydrogens (tertiary/aromatic N) is 2. The highest BCUT2D eigenvalue weighted by Crippen LogP contribution is 2.38. The molecule has 2 aromatic rings. The first-order valence-corrected chi connectivity index (χ1v) is 6.64. The van der Waals surface area contributed by atoms with E-state index in [1.54, 1.807) is 0 Å². The van der Waals surface area contributed by atoms with Crippen molar-refractivity contribution in [2.24, 2.45) is 0 Å². The van der Waals surface area contributed by atoms with Crippen molar-refractivity contribution in [3.8, 4) is 11.6 Å². The van der Waals surface area contributed by atoms with Crippen LogP contribution < -0.4 is 4.74 Å². The van der Waals surface area contributed by atoms with Gasteiger partial charge in [0.1, 0.15) is 11.9 Å². The summed E-state index contributed by atoms with van der Waals surface area (Å²) < 4.78 is 43.8. The third kappa shape index (κ3) is 3.53. The van der Waals surface area contributed by atoms with Crippen molar-refractivity contribution in [2.75, 3.05) is 0 Å². The SMILES string of the molecule is Cc1c([N+](=O)[O-])cnc(Oc2ccc(Cl)c(C(F)(F)F)c2)c1C. The molecule has 23 heavy (non-hydrogen) atoms. The lowest BCUT2D eigenvalue weighted by Crippen LogP contribution is -2.06. The molecule has 0 saturated heterocycles. The van der Waals surface area contributed by atoms with Crippen LogP contribution in [0.3, 0.4) is 0 Å². The minimum absolute atomic E-state index is 0.0106. The van der Waals surface area contributed by atoms with Crippen LogP contribution in [-0.2, 0) is 6.18 Å². The number of ether oxygens (including phenoxy) is 1. The average Bonchev–Trinajstić information content (AvgIpc) is 2.44. The van der Waals surface area contributed by atoms with Gasteiger partial charge in [0.2, 0.25) is 5.88 Å². The number of rotatable bonds is 3. The maximum Gasteiger partial charge on any atom is 0.417 e. The Bertz CT molecular complexity index is 779. The molecule has 0 bridgehead atoms. The molecule has 0 amide bonds. The molecule has 0 N–H and O–H groups in total. The normalized spacial score (nSPS) is 11.4. The number of pyridine rings is 1. The first kappa shape index (κ1) is 17.0. The molecule has 0 unspecified atom stereocenters. The van der Waals surface area contributed by atoms with Gasteiger partial charge >= 0.3 is 6.18 Å². The van der Waals surface area contributed by atoms with E-state index in [-0.39, 0.29) is 17.3 Å². The standard InChI is InChI=1S/C14H10ClF3N2O3/c1-7-8(2)13(19-6-12(7)20(21)22)23-9-3-4-11(15)10(5-9)14(16,17)18/h3-6H,1-2H3. The van der Waals surface area contributed by atoms with Gasteiger partial charge in [-0.15, -0.1) is 0 Å². The minimum Gasteiger partial charge on any atom is -0.439 e. The molecule has 0 aliphatic rings. The molecular formula is C14H10ClF3N2O3. The van der Waals surface area contributed by atoms with Gasteiger partial charge in [0, 0.05) is 11.1 Å². The molecule has 2 rings (SSSR count). The molecule has 1 aromatic heterocycles. The Balaban J connectivity index is 2.41. The lowest BCUT2D eigenvalue weighted by Gasteiger charge is -2.13. The highest BCUT2D eigenvalue weighted by molar-refractivity contribution is 6.31. The molecule has 0 aliphatic heterocycles. The van der Waals surface area contributed by atoms with E-state index in [1.165, 1.54) is 19.9 Å². The fourth-order valence-corrected chi connectivity index (χ4v) is 2.07. The molecule has 9 heteroatoms. The van der Waals surface area contributed by atoms with E-state index in [0.29, 0.717) is 11.1 Å². The van der Waals surface area contributed by atoms with Gasteiger partial charge in [0.15, 0.2) is 0 Å². The first-order chi connectivity index (χ1) is 10.6. The van der Waals surface area contributed by atoms with Crippen LogP contribution in [0.5, 0.6) is 11.6 Å². The molecule has 0 aliphatic carbocycles. The Morgan fingerprint density at radius 2 is 1.91 bits per heavy atom. The van der Waals surface area contributed by atoms with Crippen LogP contribution in [0.15, 0.2) is 24.4 Å². The summed E-state index contributed by atoms with van der Waals surface area (Å²) in [5.41, 5.74) is -0.539. The van der Waals surface area contributed by atoms with Crippen LogP contribution in [0, 0.1) is 24.0 Å². The molecule has 0 fully saturated rings. The van der Waals surface area contributed by atoms with Gasteiger partial charge in [-0.25, -0.2) is 4.98 Å². The van der Waals surface area contributed by atoms with Gasteiger partial charge in [-0.3, -0.25) is 10.1 Å². The van der Waals surface area contributed by atoms with Gasteiger partial charge in [-0.05, 0) is 32.0 Å². The zero-order valence-electron chi connectivity index (χ0n) is 11.9. The van der Waals surface area contributed by atoms with Gasteiger partial charge in [-0.2, -0.15) is 13.2 Å².